The first-order chi connectivity index (χ1) is 11.4. The standard InChI is InChI=1S/C21H16OS/c1-3-8-16(9-4-1)19-14-18(21-12-7-13-23-21)15-20(22-19)17-10-5-2-6-11-17/h1-15,18H. The lowest BCUT2D eigenvalue weighted by atomic mass is 9.98. The largest absolute Gasteiger partial charge is 0.457 e. The monoisotopic (exact) mass is 316 g/mol. The molecule has 1 aromatic heterocycles. The molecule has 0 unspecified atom stereocenters. The number of allylic oxidation sites excluding steroid dienone is 2. The van der Waals surface area contributed by atoms with E-state index in [1.165, 1.54) is 4.88 Å². The molecule has 0 radical (unpaired) electrons. The molecule has 0 aliphatic carbocycles. The quantitative estimate of drug-likeness (QED) is 0.580. The van der Waals surface area contributed by atoms with Crippen LogP contribution in [-0.2, 0) is 4.74 Å². The van der Waals surface area contributed by atoms with Crippen molar-refractivity contribution in [3.05, 3.63) is 106 Å². The predicted molar refractivity (Wildman–Crippen MR) is 97.0 cm³/mol. The fourth-order valence-corrected chi connectivity index (χ4v) is 3.49. The molecule has 1 aliphatic heterocycles. The second kappa shape index (κ2) is 6.27. The Kier molecular flexibility index (Phi) is 3.83. The summed E-state index contributed by atoms with van der Waals surface area (Å²) in [6.07, 6.45) is 4.40. The molecule has 0 amide bonds. The topological polar surface area (TPSA) is 9.23 Å². The first-order valence-corrected chi connectivity index (χ1v) is 8.54. The van der Waals surface area contributed by atoms with E-state index in [0.717, 1.165) is 22.6 Å². The van der Waals surface area contributed by atoms with Gasteiger partial charge in [0.1, 0.15) is 11.5 Å². The van der Waals surface area contributed by atoms with Crippen LogP contribution in [0, 0.1) is 0 Å². The highest BCUT2D eigenvalue weighted by Crippen LogP contribution is 2.37. The molecule has 2 aromatic carbocycles. The van der Waals surface area contributed by atoms with Crippen molar-refractivity contribution in [1.29, 1.82) is 0 Å². The van der Waals surface area contributed by atoms with E-state index in [-0.39, 0.29) is 5.92 Å². The lowest BCUT2D eigenvalue weighted by Gasteiger charge is -2.22. The van der Waals surface area contributed by atoms with Crippen LogP contribution in [0.25, 0.3) is 11.5 Å². The first-order valence-electron chi connectivity index (χ1n) is 7.66. The van der Waals surface area contributed by atoms with E-state index in [0.29, 0.717) is 0 Å². The lowest BCUT2D eigenvalue weighted by molar-refractivity contribution is 0.459. The van der Waals surface area contributed by atoms with Crippen LogP contribution in [0.5, 0.6) is 0 Å². The van der Waals surface area contributed by atoms with Crippen LogP contribution in [0.15, 0.2) is 90.3 Å². The van der Waals surface area contributed by atoms with E-state index in [4.69, 9.17) is 4.74 Å². The smallest absolute Gasteiger partial charge is 0.131 e. The summed E-state index contributed by atoms with van der Waals surface area (Å²) in [6.45, 7) is 0. The van der Waals surface area contributed by atoms with Gasteiger partial charge in [0, 0.05) is 21.9 Å². The number of hydrogen-bond donors (Lipinski definition) is 0. The highest BCUT2D eigenvalue weighted by atomic mass is 32.1. The molecule has 0 atom stereocenters. The first kappa shape index (κ1) is 14.0. The van der Waals surface area contributed by atoms with Gasteiger partial charge in [0.2, 0.25) is 0 Å². The SMILES string of the molecule is C1=C(c2ccccc2)OC(c2ccccc2)=CC1c1cccs1. The fraction of sp³-hybridized carbons (Fsp3) is 0.0476. The van der Waals surface area contributed by atoms with Crippen LogP contribution in [0.3, 0.4) is 0 Å². The summed E-state index contributed by atoms with van der Waals surface area (Å²) >= 11 is 1.78. The highest BCUT2D eigenvalue weighted by molar-refractivity contribution is 7.10. The summed E-state index contributed by atoms with van der Waals surface area (Å²) < 4.78 is 6.21. The van der Waals surface area contributed by atoms with Gasteiger partial charge < -0.3 is 4.74 Å². The second-order valence-electron chi connectivity index (χ2n) is 5.44. The molecule has 0 N–H and O–H groups in total. The van der Waals surface area contributed by atoms with Crippen LogP contribution < -0.4 is 0 Å². The Balaban J connectivity index is 1.77. The molecule has 0 saturated carbocycles. The Morgan fingerprint density at radius 3 is 1.70 bits per heavy atom. The van der Waals surface area contributed by atoms with Crippen molar-refractivity contribution < 1.29 is 4.74 Å². The van der Waals surface area contributed by atoms with Crippen molar-refractivity contribution in [2.24, 2.45) is 0 Å². The molecule has 23 heavy (non-hydrogen) atoms. The minimum absolute atomic E-state index is 0.245. The third-order valence-corrected chi connectivity index (χ3v) is 4.84. The number of benzene rings is 2. The van der Waals surface area contributed by atoms with E-state index in [1.807, 2.05) is 36.4 Å². The Labute approximate surface area is 140 Å². The predicted octanol–water partition coefficient (Wildman–Crippen LogP) is 5.94. The molecule has 1 aliphatic rings. The number of hydrogen-bond acceptors (Lipinski definition) is 2. The molecule has 0 spiro atoms. The maximum Gasteiger partial charge on any atom is 0.131 e. The van der Waals surface area contributed by atoms with Crippen molar-refractivity contribution in [3.8, 4) is 0 Å². The number of thiophene rings is 1. The van der Waals surface area contributed by atoms with Gasteiger partial charge >= 0.3 is 0 Å². The minimum Gasteiger partial charge on any atom is -0.457 e. The van der Waals surface area contributed by atoms with Crippen molar-refractivity contribution in [1.82, 2.24) is 0 Å². The summed E-state index contributed by atoms with van der Waals surface area (Å²) in [5.41, 5.74) is 2.21. The van der Waals surface area contributed by atoms with Gasteiger partial charge in [-0.3, -0.25) is 0 Å². The fourth-order valence-electron chi connectivity index (χ4n) is 2.72. The Morgan fingerprint density at radius 2 is 1.22 bits per heavy atom. The van der Waals surface area contributed by atoms with Gasteiger partial charge in [-0.25, -0.2) is 0 Å². The van der Waals surface area contributed by atoms with Gasteiger partial charge in [0.25, 0.3) is 0 Å². The maximum absolute atomic E-state index is 6.21. The number of ether oxygens (including phenoxy) is 1. The highest BCUT2D eigenvalue weighted by Gasteiger charge is 2.20. The molecule has 1 nitrogen and oxygen atoms in total. The zero-order chi connectivity index (χ0) is 15.5. The summed E-state index contributed by atoms with van der Waals surface area (Å²) in [5.74, 6) is 2.09. The maximum atomic E-state index is 6.21. The molecule has 3 aromatic rings. The zero-order valence-corrected chi connectivity index (χ0v) is 13.4. The van der Waals surface area contributed by atoms with Gasteiger partial charge in [-0.05, 0) is 23.6 Å². The third kappa shape index (κ3) is 2.99. The zero-order valence-electron chi connectivity index (χ0n) is 12.6. The van der Waals surface area contributed by atoms with Gasteiger partial charge in [-0.1, -0.05) is 66.7 Å². The van der Waals surface area contributed by atoms with Gasteiger partial charge in [0.15, 0.2) is 0 Å². The molecule has 0 fully saturated rings. The van der Waals surface area contributed by atoms with E-state index < -0.39 is 0 Å². The van der Waals surface area contributed by atoms with Gasteiger partial charge in [-0.2, -0.15) is 0 Å². The van der Waals surface area contributed by atoms with Crippen molar-refractivity contribution in [3.63, 3.8) is 0 Å². The van der Waals surface area contributed by atoms with Crippen molar-refractivity contribution in [2.75, 3.05) is 0 Å². The summed E-state index contributed by atoms with van der Waals surface area (Å²) in [4.78, 5) is 1.33. The third-order valence-electron chi connectivity index (χ3n) is 3.87. The number of rotatable bonds is 3. The lowest BCUT2D eigenvalue weighted by Crippen LogP contribution is -2.03. The molecular formula is C21H16OS. The van der Waals surface area contributed by atoms with Crippen LogP contribution in [0.1, 0.15) is 21.9 Å². The Hall–Kier alpha value is -2.58. The molecule has 112 valence electrons. The average molecular weight is 316 g/mol. The Bertz CT molecular complexity index is 775. The van der Waals surface area contributed by atoms with E-state index in [1.54, 1.807) is 11.3 Å². The van der Waals surface area contributed by atoms with Crippen molar-refractivity contribution in [2.45, 2.75) is 5.92 Å². The van der Waals surface area contributed by atoms with Gasteiger partial charge in [-0.15, -0.1) is 11.3 Å². The molecule has 4 rings (SSSR count). The average Bonchev–Trinajstić information content (AvgIpc) is 3.18. The summed E-state index contributed by atoms with van der Waals surface area (Å²) in [7, 11) is 0. The Morgan fingerprint density at radius 1 is 0.652 bits per heavy atom. The van der Waals surface area contributed by atoms with Crippen LogP contribution in [0.4, 0.5) is 0 Å². The minimum atomic E-state index is 0.245. The molecule has 0 saturated heterocycles. The normalized spacial score (nSPS) is 14.8. The van der Waals surface area contributed by atoms with E-state index in [9.17, 15) is 0 Å². The van der Waals surface area contributed by atoms with Crippen molar-refractivity contribution >= 4 is 22.9 Å². The van der Waals surface area contributed by atoms with Crippen LogP contribution in [-0.4, -0.2) is 0 Å². The summed E-state index contributed by atoms with van der Waals surface area (Å²) in [5, 5.41) is 2.12. The van der Waals surface area contributed by atoms with Crippen LogP contribution in [0.2, 0.25) is 0 Å². The summed E-state index contributed by atoms with van der Waals surface area (Å²) in [6, 6.07) is 24.9. The molecule has 0 bridgehead atoms. The molecule has 2 heterocycles. The van der Waals surface area contributed by atoms with E-state index in [2.05, 4.69) is 53.9 Å². The molecule has 2 heteroatoms. The van der Waals surface area contributed by atoms with E-state index >= 15 is 0 Å². The second-order valence-corrected chi connectivity index (χ2v) is 6.42. The van der Waals surface area contributed by atoms with Crippen LogP contribution >= 0.6 is 11.3 Å². The van der Waals surface area contributed by atoms with Gasteiger partial charge in [0.05, 0.1) is 0 Å². The molecular weight excluding hydrogens is 300 g/mol.